The molecule has 3 aromatic rings. The van der Waals surface area contributed by atoms with Gasteiger partial charge in [0.05, 0.1) is 4.90 Å². The van der Waals surface area contributed by atoms with E-state index in [1.54, 1.807) is 23.5 Å². The van der Waals surface area contributed by atoms with E-state index in [0.29, 0.717) is 11.4 Å². The number of rotatable bonds is 7. The fourth-order valence-electron chi connectivity index (χ4n) is 4.06. The first-order chi connectivity index (χ1) is 14.6. The van der Waals surface area contributed by atoms with Gasteiger partial charge in [-0.05, 0) is 71.6 Å². The molecule has 0 saturated carbocycles. The summed E-state index contributed by atoms with van der Waals surface area (Å²) in [5.74, 6) is 0. The lowest BCUT2D eigenvalue weighted by Gasteiger charge is -2.30. The summed E-state index contributed by atoms with van der Waals surface area (Å²) in [7, 11) is -3.57. The van der Waals surface area contributed by atoms with Gasteiger partial charge in [-0.3, -0.25) is 4.90 Å². The van der Waals surface area contributed by atoms with Gasteiger partial charge in [0.2, 0.25) is 10.0 Å². The first kappa shape index (κ1) is 21.2. The lowest BCUT2D eigenvalue weighted by Crippen LogP contribution is -2.38. The van der Waals surface area contributed by atoms with Crippen molar-refractivity contribution in [2.45, 2.75) is 36.6 Å². The SMILES string of the molecule is O=S(=O)(NCC(c1ccsc1)N1CCCCCC1)c1ccc(-c2ccccc2)cc1. The Morgan fingerprint density at radius 2 is 1.53 bits per heavy atom. The molecule has 0 spiro atoms. The number of nitrogens with zero attached hydrogens (tertiary/aromatic N) is 1. The molecule has 2 heterocycles. The number of benzene rings is 2. The van der Waals surface area contributed by atoms with E-state index in [-0.39, 0.29) is 6.04 Å². The molecule has 1 N–H and O–H groups in total. The minimum atomic E-state index is -3.57. The second-order valence-electron chi connectivity index (χ2n) is 7.76. The summed E-state index contributed by atoms with van der Waals surface area (Å²) in [6, 6.07) is 19.3. The van der Waals surface area contributed by atoms with Crippen molar-refractivity contribution in [3.05, 3.63) is 77.0 Å². The highest BCUT2D eigenvalue weighted by Gasteiger charge is 2.24. The number of nitrogens with one attached hydrogen (secondary N) is 1. The van der Waals surface area contributed by atoms with Crippen molar-refractivity contribution in [2.24, 2.45) is 0 Å². The second-order valence-corrected chi connectivity index (χ2v) is 10.3. The van der Waals surface area contributed by atoms with Crippen LogP contribution in [0.25, 0.3) is 11.1 Å². The third-order valence-corrected chi connectivity index (χ3v) is 7.89. The van der Waals surface area contributed by atoms with E-state index in [2.05, 4.69) is 26.4 Å². The number of likely N-dealkylation sites (tertiary alicyclic amines) is 1. The highest BCUT2D eigenvalue weighted by Crippen LogP contribution is 2.26. The van der Waals surface area contributed by atoms with Crippen molar-refractivity contribution in [3.8, 4) is 11.1 Å². The van der Waals surface area contributed by atoms with Gasteiger partial charge in [0, 0.05) is 12.6 Å². The van der Waals surface area contributed by atoms with Crippen LogP contribution in [0.2, 0.25) is 0 Å². The van der Waals surface area contributed by atoms with Crippen LogP contribution in [0.4, 0.5) is 0 Å². The molecular weight excluding hydrogens is 412 g/mol. The van der Waals surface area contributed by atoms with Crippen LogP contribution in [0.3, 0.4) is 0 Å². The number of hydrogen-bond acceptors (Lipinski definition) is 4. The Kier molecular flexibility index (Phi) is 7.00. The van der Waals surface area contributed by atoms with Crippen LogP contribution in [0, 0.1) is 0 Å². The molecule has 1 aromatic heterocycles. The molecule has 1 aliphatic rings. The van der Waals surface area contributed by atoms with Crippen LogP contribution in [0.15, 0.2) is 76.3 Å². The van der Waals surface area contributed by atoms with Gasteiger partial charge < -0.3 is 0 Å². The summed E-state index contributed by atoms with van der Waals surface area (Å²) in [5.41, 5.74) is 3.28. The molecule has 2 aromatic carbocycles. The summed E-state index contributed by atoms with van der Waals surface area (Å²) >= 11 is 1.66. The van der Waals surface area contributed by atoms with Crippen molar-refractivity contribution in [2.75, 3.05) is 19.6 Å². The molecule has 0 aliphatic carbocycles. The van der Waals surface area contributed by atoms with Crippen LogP contribution in [-0.2, 0) is 10.0 Å². The summed E-state index contributed by atoms with van der Waals surface area (Å²) in [5, 5.41) is 4.20. The van der Waals surface area contributed by atoms with Crippen molar-refractivity contribution in [1.82, 2.24) is 9.62 Å². The van der Waals surface area contributed by atoms with Gasteiger partial charge in [0.25, 0.3) is 0 Å². The van der Waals surface area contributed by atoms with Crippen LogP contribution in [-0.4, -0.2) is 33.0 Å². The van der Waals surface area contributed by atoms with Crippen LogP contribution in [0.1, 0.15) is 37.3 Å². The molecule has 30 heavy (non-hydrogen) atoms. The minimum absolute atomic E-state index is 0.0766. The summed E-state index contributed by atoms with van der Waals surface area (Å²) in [6.07, 6.45) is 4.86. The Morgan fingerprint density at radius 1 is 0.867 bits per heavy atom. The Labute approximate surface area is 183 Å². The van der Waals surface area contributed by atoms with E-state index in [9.17, 15) is 8.42 Å². The average Bonchev–Trinajstić information content (AvgIpc) is 3.17. The molecule has 158 valence electrons. The van der Waals surface area contributed by atoms with Gasteiger partial charge in [0.15, 0.2) is 0 Å². The number of thiophene rings is 1. The average molecular weight is 441 g/mol. The topological polar surface area (TPSA) is 49.4 Å². The fourth-order valence-corrected chi connectivity index (χ4v) is 5.80. The fraction of sp³-hybridized carbons (Fsp3) is 0.333. The first-order valence-electron chi connectivity index (χ1n) is 10.5. The van der Waals surface area contributed by atoms with E-state index in [1.807, 2.05) is 42.5 Å². The molecule has 0 amide bonds. The number of hydrogen-bond donors (Lipinski definition) is 1. The summed E-state index contributed by atoms with van der Waals surface area (Å²) in [6.45, 7) is 2.43. The Morgan fingerprint density at radius 3 is 2.17 bits per heavy atom. The van der Waals surface area contributed by atoms with Gasteiger partial charge in [-0.2, -0.15) is 11.3 Å². The first-order valence-corrected chi connectivity index (χ1v) is 13.0. The standard InChI is InChI=1S/C24H28N2O2S2/c27-30(28,23-12-10-21(11-13-23)20-8-4-3-5-9-20)25-18-24(22-14-17-29-19-22)26-15-6-1-2-7-16-26/h3-5,8-14,17,19,24-25H,1-2,6-7,15-16,18H2. The normalized spacial score (nSPS) is 16.8. The molecule has 1 fully saturated rings. The summed E-state index contributed by atoms with van der Waals surface area (Å²) in [4.78, 5) is 2.75. The lowest BCUT2D eigenvalue weighted by molar-refractivity contribution is 0.206. The summed E-state index contributed by atoms with van der Waals surface area (Å²) < 4.78 is 28.8. The third-order valence-electron chi connectivity index (χ3n) is 5.75. The minimum Gasteiger partial charge on any atom is -0.295 e. The zero-order valence-electron chi connectivity index (χ0n) is 17.0. The zero-order chi connectivity index (χ0) is 20.8. The molecule has 6 heteroatoms. The van der Waals surface area contributed by atoms with E-state index < -0.39 is 10.0 Å². The van der Waals surface area contributed by atoms with Gasteiger partial charge >= 0.3 is 0 Å². The monoisotopic (exact) mass is 440 g/mol. The predicted molar refractivity (Wildman–Crippen MR) is 124 cm³/mol. The highest BCUT2D eigenvalue weighted by atomic mass is 32.2. The van der Waals surface area contributed by atoms with Crippen LogP contribution < -0.4 is 4.72 Å². The molecule has 4 nitrogen and oxygen atoms in total. The van der Waals surface area contributed by atoms with Crippen molar-refractivity contribution in [1.29, 1.82) is 0 Å². The third kappa shape index (κ3) is 5.19. The Hall–Kier alpha value is -1.99. The molecule has 1 aliphatic heterocycles. The molecule has 1 unspecified atom stereocenters. The Balaban J connectivity index is 1.48. The molecule has 1 atom stereocenters. The van der Waals surface area contributed by atoms with E-state index in [0.717, 1.165) is 24.2 Å². The van der Waals surface area contributed by atoms with Gasteiger partial charge in [-0.15, -0.1) is 0 Å². The van der Waals surface area contributed by atoms with Crippen LogP contribution in [0.5, 0.6) is 0 Å². The van der Waals surface area contributed by atoms with Crippen molar-refractivity contribution < 1.29 is 8.42 Å². The molecule has 1 saturated heterocycles. The largest absolute Gasteiger partial charge is 0.295 e. The predicted octanol–water partition coefficient (Wildman–Crippen LogP) is 5.31. The van der Waals surface area contributed by atoms with Crippen molar-refractivity contribution >= 4 is 21.4 Å². The number of sulfonamides is 1. The highest BCUT2D eigenvalue weighted by molar-refractivity contribution is 7.89. The molecular formula is C24H28N2O2S2. The van der Waals surface area contributed by atoms with Crippen molar-refractivity contribution in [3.63, 3.8) is 0 Å². The zero-order valence-corrected chi connectivity index (χ0v) is 18.7. The molecule has 0 bridgehead atoms. The quantitative estimate of drug-likeness (QED) is 0.542. The molecule has 0 radical (unpaired) electrons. The maximum absolute atomic E-state index is 13.0. The van der Waals surface area contributed by atoms with Gasteiger partial charge in [0.1, 0.15) is 0 Å². The molecule has 4 rings (SSSR count). The smallest absolute Gasteiger partial charge is 0.240 e. The van der Waals surface area contributed by atoms with E-state index in [4.69, 9.17) is 0 Å². The lowest BCUT2D eigenvalue weighted by atomic mass is 10.1. The van der Waals surface area contributed by atoms with Gasteiger partial charge in [-0.25, -0.2) is 13.1 Å². The van der Waals surface area contributed by atoms with Gasteiger partial charge in [-0.1, -0.05) is 55.3 Å². The Bertz CT molecular complexity index is 1010. The maximum atomic E-state index is 13.0. The maximum Gasteiger partial charge on any atom is 0.240 e. The van der Waals surface area contributed by atoms with Crippen LogP contribution >= 0.6 is 11.3 Å². The van der Waals surface area contributed by atoms with E-state index >= 15 is 0 Å². The second kappa shape index (κ2) is 9.88. The van der Waals surface area contributed by atoms with E-state index in [1.165, 1.54) is 31.2 Å².